The van der Waals surface area contributed by atoms with Gasteiger partial charge in [0.05, 0.1) is 12.7 Å². The summed E-state index contributed by atoms with van der Waals surface area (Å²) in [6, 6.07) is 0. The summed E-state index contributed by atoms with van der Waals surface area (Å²) in [5.74, 6) is 2.21. The van der Waals surface area contributed by atoms with Crippen molar-refractivity contribution in [2.75, 3.05) is 19.0 Å². The van der Waals surface area contributed by atoms with Crippen LogP contribution in [0.2, 0.25) is 0 Å². The van der Waals surface area contributed by atoms with Gasteiger partial charge < -0.3 is 9.63 Å². The van der Waals surface area contributed by atoms with E-state index >= 15 is 0 Å². The van der Waals surface area contributed by atoms with Crippen LogP contribution in [0.5, 0.6) is 0 Å². The smallest absolute Gasteiger partial charge is 0.377 e. The molecule has 3 atom stereocenters. The Labute approximate surface area is 213 Å². The number of ether oxygens (including phenoxy) is 1. The van der Waals surface area contributed by atoms with Crippen LogP contribution in [-0.2, 0) is 19.1 Å². The van der Waals surface area contributed by atoms with Crippen LogP contribution in [-0.4, -0.2) is 40.9 Å². The number of unbranched alkanes of at least 4 members (excludes halogenated alkanes) is 7. The van der Waals surface area contributed by atoms with Crippen LogP contribution in [0.1, 0.15) is 123 Å². The fourth-order valence-electron chi connectivity index (χ4n) is 4.63. The predicted molar refractivity (Wildman–Crippen MR) is 143 cm³/mol. The quantitative estimate of drug-likeness (QED) is 0.0662. The SMILES string of the molecule is CCCCCCCC(SCCCCCCC1CCCCC1)C(C)OCCCOOC(=O)[PH](=O)O. The van der Waals surface area contributed by atoms with Crippen molar-refractivity contribution in [3.05, 3.63) is 0 Å². The van der Waals surface area contributed by atoms with Crippen LogP contribution < -0.4 is 0 Å². The zero-order valence-electron chi connectivity index (χ0n) is 21.8. The highest BCUT2D eigenvalue weighted by Gasteiger charge is 2.18. The van der Waals surface area contributed by atoms with E-state index in [1.165, 1.54) is 108 Å². The molecule has 0 aromatic rings. The summed E-state index contributed by atoms with van der Waals surface area (Å²) in [6.07, 6.45) is 22.5. The molecule has 0 radical (unpaired) electrons. The van der Waals surface area contributed by atoms with E-state index in [-0.39, 0.29) is 12.7 Å². The van der Waals surface area contributed by atoms with E-state index in [4.69, 9.17) is 9.63 Å². The van der Waals surface area contributed by atoms with Crippen molar-refractivity contribution in [1.29, 1.82) is 0 Å². The monoisotopic (exact) mass is 522 g/mol. The summed E-state index contributed by atoms with van der Waals surface area (Å²) in [6.45, 7) is 5.08. The van der Waals surface area contributed by atoms with E-state index in [0.717, 1.165) is 5.92 Å². The molecule has 0 spiro atoms. The number of carbonyl (C=O) groups excluding carboxylic acids is 1. The van der Waals surface area contributed by atoms with Crippen LogP contribution in [0.4, 0.5) is 4.79 Å². The zero-order valence-corrected chi connectivity index (χ0v) is 23.6. The number of hydrogen-bond acceptors (Lipinski definition) is 6. The van der Waals surface area contributed by atoms with Crippen LogP contribution >= 0.6 is 19.8 Å². The maximum absolute atomic E-state index is 10.9. The molecular formula is C26H51O6PS. The Hall–Kier alpha value is -0.0700. The molecule has 0 heterocycles. The third kappa shape index (κ3) is 17.4. The molecule has 0 aliphatic heterocycles. The standard InChI is InChI=1S/C26H51O6PS/c1-3-4-5-6-13-19-25(23(2)30-20-15-21-31-32-26(27)33(28)29)34-22-14-8-7-10-16-24-17-11-9-12-18-24/h23-25,33H,3-22H2,1-2H3,(H,28,29). The van der Waals surface area contributed by atoms with Crippen LogP contribution in [0, 0.1) is 5.92 Å². The molecule has 8 heteroatoms. The van der Waals surface area contributed by atoms with Crippen LogP contribution in [0.25, 0.3) is 0 Å². The van der Waals surface area contributed by atoms with Crippen LogP contribution in [0.15, 0.2) is 0 Å². The first-order valence-electron chi connectivity index (χ1n) is 13.8. The van der Waals surface area contributed by atoms with Crippen molar-refractivity contribution in [3.63, 3.8) is 0 Å². The van der Waals surface area contributed by atoms with E-state index in [1.807, 2.05) is 0 Å². The largest absolute Gasteiger partial charge is 0.421 e. The summed E-state index contributed by atoms with van der Waals surface area (Å²) in [5, 5.41) is 0.502. The Morgan fingerprint density at radius 2 is 1.68 bits per heavy atom. The van der Waals surface area contributed by atoms with Gasteiger partial charge in [-0.2, -0.15) is 16.6 Å². The number of hydrogen-bond donors (Lipinski definition) is 1. The van der Waals surface area contributed by atoms with Gasteiger partial charge in [0.1, 0.15) is 0 Å². The van der Waals surface area contributed by atoms with Crippen molar-refractivity contribution in [2.24, 2.45) is 5.92 Å². The van der Waals surface area contributed by atoms with Gasteiger partial charge >= 0.3 is 5.71 Å². The molecule has 6 nitrogen and oxygen atoms in total. The molecule has 0 saturated heterocycles. The molecular weight excluding hydrogens is 471 g/mol. The average Bonchev–Trinajstić information content (AvgIpc) is 2.84. The molecule has 202 valence electrons. The lowest BCUT2D eigenvalue weighted by Crippen LogP contribution is -2.25. The minimum absolute atomic E-state index is 0.156. The zero-order chi connectivity index (χ0) is 24.9. The Morgan fingerprint density at radius 1 is 0.971 bits per heavy atom. The third-order valence-electron chi connectivity index (χ3n) is 6.74. The molecule has 1 aliphatic rings. The van der Waals surface area contributed by atoms with Crippen LogP contribution in [0.3, 0.4) is 0 Å². The van der Waals surface area contributed by atoms with Gasteiger partial charge in [-0.25, -0.2) is 4.79 Å². The van der Waals surface area contributed by atoms with Gasteiger partial charge in [0.2, 0.25) is 0 Å². The topological polar surface area (TPSA) is 82.1 Å². The van der Waals surface area contributed by atoms with E-state index in [2.05, 4.69) is 35.4 Å². The second-order valence-electron chi connectivity index (χ2n) is 9.75. The van der Waals surface area contributed by atoms with Crippen molar-refractivity contribution >= 4 is 25.5 Å². The lowest BCUT2D eigenvalue weighted by atomic mass is 9.85. The van der Waals surface area contributed by atoms with Gasteiger partial charge in [0.25, 0.3) is 8.03 Å². The summed E-state index contributed by atoms with van der Waals surface area (Å²) in [4.78, 5) is 28.5. The van der Waals surface area contributed by atoms with E-state index in [1.54, 1.807) is 0 Å². The lowest BCUT2D eigenvalue weighted by Gasteiger charge is -2.24. The summed E-state index contributed by atoms with van der Waals surface area (Å²) in [7, 11) is -3.34. The maximum atomic E-state index is 10.9. The molecule has 1 aliphatic carbocycles. The molecule has 34 heavy (non-hydrogen) atoms. The molecule has 1 saturated carbocycles. The summed E-state index contributed by atoms with van der Waals surface area (Å²) in [5.41, 5.74) is -1.21. The minimum Gasteiger partial charge on any atom is -0.377 e. The summed E-state index contributed by atoms with van der Waals surface area (Å²) >= 11 is 2.07. The average molecular weight is 523 g/mol. The Balaban J connectivity index is 2.18. The molecule has 1 fully saturated rings. The van der Waals surface area contributed by atoms with Gasteiger partial charge in [0, 0.05) is 11.9 Å². The van der Waals surface area contributed by atoms with Gasteiger partial charge in [-0.15, -0.1) is 0 Å². The first-order chi connectivity index (χ1) is 16.5. The molecule has 3 unspecified atom stereocenters. The highest BCUT2D eigenvalue weighted by molar-refractivity contribution is 7.99. The highest BCUT2D eigenvalue weighted by Crippen LogP contribution is 2.29. The van der Waals surface area contributed by atoms with E-state index in [0.29, 0.717) is 18.3 Å². The van der Waals surface area contributed by atoms with E-state index in [9.17, 15) is 9.36 Å². The maximum Gasteiger partial charge on any atom is 0.421 e. The number of thioether (sulfide) groups is 1. The normalized spacial score (nSPS) is 17.4. The molecule has 1 N–H and O–H groups in total. The molecule has 0 bridgehead atoms. The van der Waals surface area contributed by atoms with Crippen molar-refractivity contribution in [3.8, 4) is 0 Å². The Morgan fingerprint density at radius 3 is 2.41 bits per heavy atom. The van der Waals surface area contributed by atoms with E-state index < -0.39 is 13.7 Å². The molecule has 0 aromatic heterocycles. The lowest BCUT2D eigenvalue weighted by molar-refractivity contribution is -0.233. The van der Waals surface area contributed by atoms with Crippen molar-refractivity contribution in [1.82, 2.24) is 0 Å². The van der Waals surface area contributed by atoms with Gasteiger partial charge in [-0.3, -0.25) is 9.45 Å². The fraction of sp³-hybridized carbons (Fsp3) is 0.962. The summed E-state index contributed by atoms with van der Waals surface area (Å²) < 4.78 is 16.6. The number of carbonyl (C=O) groups is 1. The first-order valence-corrected chi connectivity index (χ1v) is 16.2. The van der Waals surface area contributed by atoms with Gasteiger partial charge in [0.15, 0.2) is 0 Å². The highest BCUT2D eigenvalue weighted by atomic mass is 32.2. The minimum atomic E-state index is -3.34. The first kappa shape index (κ1) is 32.0. The third-order valence-corrected chi connectivity index (χ3v) is 8.75. The molecule has 0 aromatic carbocycles. The Kier molecular flexibility index (Phi) is 20.8. The second kappa shape index (κ2) is 22.2. The fourth-order valence-corrected chi connectivity index (χ4v) is 6.11. The molecule has 1 rings (SSSR count). The van der Waals surface area contributed by atoms with Gasteiger partial charge in [-0.1, -0.05) is 96.8 Å². The van der Waals surface area contributed by atoms with Gasteiger partial charge in [-0.05, 0) is 37.9 Å². The number of rotatable bonds is 22. The predicted octanol–water partition coefficient (Wildman–Crippen LogP) is 8.31. The second-order valence-corrected chi connectivity index (χ2v) is 12.1. The Bertz CT molecular complexity index is 516. The molecule has 0 amide bonds. The van der Waals surface area contributed by atoms with Crippen molar-refractivity contribution in [2.45, 2.75) is 134 Å². The van der Waals surface area contributed by atoms with Crippen molar-refractivity contribution < 1.29 is 28.8 Å².